The molecule has 2 rings (SSSR count). The third-order valence-corrected chi connectivity index (χ3v) is 4.74. The van der Waals surface area contributed by atoms with Crippen LogP contribution in [0.1, 0.15) is 25.3 Å². The Balaban J connectivity index is 2.11. The molecule has 1 unspecified atom stereocenters. The largest absolute Gasteiger partial charge is 0.496 e. The molecule has 1 aromatic carbocycles. The standard InChI is InChI=1S/C16H24BrNO3/c1-3-21-16(6-8-20-9-7-16)15(18)11-12-4-5-14(19-2)13(17)10-12/h4-5,10,15H,3,6-9,11,18H2,1-2H3. The van der Waals surface area contributed by atoms with Crippen molar-refractivity contribution in [1.29, 1.82) is 0 Å². The van der Waals surface area contributed by atoms with E-state index in [1.54, 1.807) is 7.11 Å². The minimum Gasteiger partial charge on any atom is -0.496 e. The van der Waals surface area contributed by atoms with Gasteiger partial charge in [0.25, 0.3) is 0 Å². The summed E-state index contributed by atoms with van der Waals surface area (Å²) in [5.41, 5.74) is 7.41. The van der Waals surface area contributed by atoms with E-state index in [4.69, 9.17) is 19.9 Å². The average Bonchev–Trinajstić information content (AvgIpc) is 2.48. The van der Waals surface area contributed by atoms with E-state index in [0.29, 0.717) is 6.61 Å². The Morgan fingerprint density at radius 2 is 2.10 bits per heavy atom. The molecule has 0 spiro atoms. The monoisotopic (exact) mass is 357 g/mol. The van der Waals surface area contributed by atoms with Gasteiger partial charge in [0.1, 0.15) is 5.75 Å². The van der Waals surface area contributed by atoms with E-state index in [1.807, 2.05) is 13.0 Å². The second-order valence-corrected chi connectivity index (χ2v) is 6.24. The lowest BCUT2D eigenvalue weighted by Crippen LogP contribution is -2.54. The van der Waals surface area contributed by atoms with Gasteiger partial charge in [-0.15, -0.1) is 0 Å². The third-order valence-electron chi connectivity index (χ3n) is 4.12. The van der Waals surface area contributed by atoms with Gasteiger partial charge in [0, 0.05) is 38.7 Å². The van der Waals surface area contributed by atoms with E-state index < -0.39 is 0 Å². The van der Waals surface area contributed by atoms with E-state index >= 15 is 0 Å². The molecule has 0 saturated carbocycles. The molecule has 0 amide bonds. The van der Waals surface area contributed by atoms with E-state index in [-0.39, 0.29) is 11.6 Å². The van der Waals surface area contributed by atoms with Crippen molar-refractivity contribution in [2.75, 3.05) is 26.9 Å². The Hall–Kier alpha value is -0.620. The predicted molar refractivity (Wildman–Crippen MR) is 86.8 cm³/mol. The lowest BCUT2D eigenvalue weighted by molar-refractivity contribution is -0.120. The smallest absolute Gasteiger partial charge is 0.133 e. The molecule has 1 aliphatic rings. The van der Waals surface area contributed by atoms with Gasteiger partial charge in [-0.3, -0.25) is 0 Å². The zero-order valence-corrected chi connectivity index (χ0v) is 14.3. The summed E-state index contributed by atoms with van der Waals surface area (Å²) in [5.74, 6) is 0.831. The van der Waals surface area contributed by atoms with Crippen molar-refractivity contribution < 1.29 is 14.2 Å². The Morgan fingerprint density at radius 1 is 1.38 bits per heavy atom. The van der Waals surface area contributed by atoms with Crippen molar-refractivity contribution in [1.82, 2.24) is 0 Å². The summed E-state index contributed by atoms with van der Waals surface area (Å²) in [6.45, 7) is 4.15. The van der Waals surface area contributed by atoms with Crippen molar-refractivity contribution >= 4 is 15.9 Å². The fourth-order valence-corrected chi connectivity index (χ4v) is 3.49. The van der Waals surface area contributed by atoms with Crippen LogP contribution in [0.2, 0.25) is 0 Å². The summed E-state index contributed by atoms with van der Waals surface area (Å²) in [7, 11) is 1.66. The zero-order valence-electron chi connectivity index (χ0n) is 12.7. The molecule has 0 radical (unpaired) electrons. The van der Waals surface area contributed by atoms with Crippen LogP contribution in [0, 0.1) is 0 Å². The lowest BCUT2D eigenvalue weighted by atomic mass is 9.83. The zero-order chi connectivity index (χ0) is 15.3. The number of benzene rings is 1. The highest BCUT2D eigenvalue weighted by Crippen LogP contribution is 2.31. The first kappa shape index (κ1) is 16.7. The number of halogens is 1. The number of nitrogens with two attached hydrogens (primary N) is 1. The van der Waals surface area contributed by atoms with Crippen molar-refractivity contribution in [3.8, 4) is 5.75 Å². The summed E-state index contributed by atoms with van der Waals surface area (Å²) in [5, 5.41) is 0. The molecule has 1 fully saturated rings. The normalized spacial score (nSPS) is 19.2. The van der Waals surface area contributed by atoms with Gasteiger partial charge in [-0.05, 0) is 47.0 Å². The van der Waals surface area contributed by atoms with Crippen LogP contribution in [-0.4, -0.2) is 38.6 Å². The molecule has 4 nitrogen and oxygen atoms in total. The highest BCUT2D eigenvalue weighted by molar-refractivity contribution is 9.10. The van der Waals surface area contributed by atoms with Crippen molar-refractivity contribution in [3.63, 3.8) is 0 Å². The fraction of sp³-hybridized carbons (Fsp3) is 0.625. The van der Waals surface area contributed by atoms with Gasteiger partial charge >= 0.3 is 0 Å². The molecular formula is C16H24BrNO3. The van der Waals surface area contributed by atoms with E-state index in [1.165, 1.54) is 5.56 Å². The van der Waals surface area contributed by atoms with Crippen LogP contribution in [-0.2, 0) is 15.9 Å². The average molecular weight is 358 g/mol. The highest BCUT2D eigenvalue weighted by atomic mass is 79.9. The summed E-state index contributed by atoms with van der Waals surface area (Å²) in [6, 6.07) is 6.05. The number of methoxy groups -OCH3 is 1. The number of rotatable bonds is 6. The second-order valence-electron chi connectivity index (χ2n) is 5.39. The van der Waals surface area contributed by atoms with Crippen molar-refractivity contribution in [3.05, 3.63) is 28.2 Å². The molecule has 5 heteroatoms. The van der Waals surface area contributed by atoms with E-state index in [2.05, 4.69) is 28.1 Å². The second kappa shape index (κ2) is 7.58. The molecule has 1 atom stereocenters. The Morgan fingerprint density at radius 3 is 2.67 bits per heavy atom. The van der Waals surface area contributed by atoms with Crippen LogP contribution in [0.5, 0.6) is 5.75 Å². The Labute approximate surface area is 135 Å². The van der Waals surface area contributed by atoms with Crippen LogP contribution in [0.15, 0.2) is 22.7 Å². The van der Waals surface area contributed by atoms with Crippen LogP contribution >= 0.6 is 15.9 Å². The van der Waals surface area contributed by atoms with Gasteiger partial charge in [0.05, 0.1) is 17.2 Å². The molecule has 1 saturated heterocycles. The molecule has 0 aromatic heterocycles. The topological polar surface area (TPSA) is 53.7 Å². The molecule has 0 aliphatic carbocycles. The number of hydrogen-bond donors (Lipinski definition) is 1. The summed E-state index contributed by atoms with van der Waals surface area (Å²) >= 11 is 3.52. The van der Waals surface area contributed by atoms with Crippen LogP contribution < -0.4 is 10.5 Å². The maximum Gasteiger partial charge on any atom is 0.133 e. The molecule has 1 aromatic rings. The first-order valence-electron chi connectivity index (χ1n) is 7.41. The summed E-state index contributed by atoms with van der Waals surface area (Å²) in [6.07, 6.45) is 2.50. The number of hydrogen-bond acceptors (Lipinski definition) is 4. The Bertz CT molecular complexity index is 455. The molecule has 1 heterocycles. The minimum atomic E-state index is -0.264. The highest BCUT2D eigenvalue weighted by Gasteiger charge is 2.39. The quantitative estimate of drug-likeness (QED) is 0.850. The third kappa shape index (κ3) is 3.97. The minimum absolute atomic E-state index is 0.0401. The van der Waals surface area contributed by atoms with Gasteiger partial charge < -0.3 is 19.9 Å². The molecule has 118 valence electrons. The van der Waals surface area contributed by atoms with Crippen LogP contribution in [0.3, 0.4) is 0 Å². The molecule has 0 bridgehead atoms. The SMILES string of the molecule is CCOC1(C(N)Cc2ccc(OC)c(Br)c2)CCOCC1. The molecule has 2 N–H and O–H groups in total. The van der Waals surface area contributed by atoms with Gasteiger partial charge in [0.2, 0.25) is 0 Å². The molecule has 1 aliphatic heterocycles. The summed E-state index contributed by atoms with van der Waals surface area (Å²) < 4.78 is 17.7. The van der Waals surface area contributed by atoms with Gasteiger partial charge in [-0.2, -0.15) is 0 Å². The maximum absolute atomic E-state index is 6.50. The summed E-state index contributed by atoms with van der Waals surface area (Å²) in [4.78, 5) is 0. The van der Waals surface area contributed by atoms with E-state index in [9.17, 15) is 0 Å². The van der Waals surface area contributed by atoms with Crippen molar-refractivity contribution in [2.24, 2.45) is 5.73 Å². The Kier molecular flexibility index (Phi) is 6.05. The van der Waals surface area contributed by atoms with Gasteiger partial charge in [-0.25, -0.2) is 0 Å². The van der Waals surface area contributed by atoms with E-state index in [0.717, 1.165) is 42.7 Å². The fourth-order valence-electron chi connectivity index (χ4n) is 2.90. The van der Waals surface area contributed by atoms with Gasteiger partial charge in [0.15, 0.2) is 0 Å². The first-order valence-corrected chi connectivity index (χ1v) is 8.20. The molecule has 21 heavy (non-hydrogen) atoms. The lowest BCUT2D eigenvalue weighted by Gasteiger charge is -2.41. The first-order chi connectivity index (χ1) is 10.1. The maximum atomic E-state index is 6.50. The van der Waals surface area contributed by atoms with Gasteiger partial charge in [-0.1, -0.05) is 6.07 Å². The predicted octanol–water partition coefficient (Wildman–Crippen LogP) is 2.91. The van der Waals surface area contributed by atoms with Crippen LogP contribution in [0.4, 0.5) is 0 Å². The molecular weight excluding hydrogens is 334 g/mol. The van der Waals surface area contributed by atoms with Crippen molar-refractivity contribution in [2.45, 2.75) is 37.8 Å². The van der Waals surface area contributed by atoms with Crippen LogP contribution in [0.25, 0.3) is 0 Å². The number of ether oxygens (including phenoxy) is 3.